The lowest BCUT2D eigenvalue weighted by atomic mass is 10.1. The first kappa shape index (κ1) is 23.6. The van der Waals surface area contributed by atoms with E-state index in [2.05, 4.69) is 32.6 Å². The molecule has 8 heteroatoms. The molecule has 2 aromatic heterocycles. The quantitative estimate of drug-likeness (QED) is 0.266. The largest absolute Gasteiger partial charge is 0.447 e. The van der Waals surface area contributed by atoms with E-state index in [1.54, 1.807) is 0 Å². The first-order valence-electron chi connectivity index (χ1n) is 11.6. The Morgan fingerprint density at radius 3 is 2.44 bits per heavy atom. The van der Waals surface area contributed by atoms with Crippen molar-refractivity contribution in [2.75, 3.05) is 5.32 Å². The summed E-state index contributed by atoms with van der Waals surface area (Å²) < 4.78 is 7.64. The van der Waals surface area contributed by atoms with Gasteiger partial charge >= 0.3 is 0 Å². The van der Waals surface area contributed by atoms with E-state index in [4.69, 9.17) is 4.42 Å². The number of benzene rings is 3. The molecule has 0 saturated heterocycles. The molecule has 36 heavy (non-hydrogen) atoms. The van der Waals surface area contributed by atoms with Crippen molar-refractivity contribution in [1.29, 1.82) is 0 Å². The highest BCUT2D eigenvalue weighted by Crippen LogP contribution is 2.26. The molecule has 0 radical (unpaired) electrons. The summed E-state index contributed by atoms with van der Waals surface area (Å²) >= 11 is 1.46. The molecule has 1 N–H and O–H groups in total. The Morgan fingerprint density at radius 2 is 1.69 bits per heavy atom. The van der Waals surface area contributed by atoms with Crippen molar-refractivity contribution in [2.24, 2.45) is 0 Å². The van der Waals surface area contributed by atoms with Crippen LogP contribution in [-0.4, -0.2) is 25.7 Å². The van der Waals surface area contributed by atoms with Crippen molar-refractivity contribution in [3.63, 3.8) is 0 Å². The van der Waals surface area contributed by atoms with Gasteiger partial charge in [-0.3, -0.25) is 9.36 Å². The van der Waals surface area contributed by atoms with Crippen molar-refractivity contribution in [1.82, 2.24) is 19.7 Å². The number of hydrogen-bond acceptors (Lipinski definition) is 6. The Morgan fingerprint density at radius 1 is 0.944 bits per heavy atom. The van der Waals surface area contributed by atoms with Gasteiger partial charge in [-0.05, 0) is 54.8 Å². The Hall–Kier alpha value is -4.17. The van der Waals surface area contributed by atoms with Crippen molar-refractivity contribution in [3.8, 4) is 5.69 Å². The monoisotopic (exact) mass is 495 g/mol. The van der Waals surface area contributed by atoms with Crippen molar-refractivity contribution in [3.05, 3.63) is 119 Å². The van der Waals surface area contributed by atoms with Crippen LogP contribution in [0.4, 0.5) is 5.69 Å². The number of anilines is 1. The molecule has 0 unspecified atom stereocenters. The molecule has 0 spiro atoms. The summed E-state index contributed by atoms with van der Waals surface area (Å²) in [4.78, 5) is 17.0. The summed E-state index contributed by atoms with van der Waals surface area (Å²) in [5.41, 5.74) is 5.38. The minimum atomic E-state index is -0.309. The topological polar surface area (TPSA) is 85.8 Å². The summed E-state index contributed by atoms with van der Waals surface area (Å²) in [5, 5.41) is 12.5. The van der Waals surface area contributed by atoms with Gasteiger partial charge in [-0.1, -0.05) is 66.4 Å². The van der Waals surface area contributed by atoms with Gasteiger partial charge in [0.1, 0.15) is 12.1 Å². The van der Waals surface area contributed by atoms with Crippen LogP contribution < -0.4 is 5.32 Å². The van der Waals surface area contributed by atoms with Gasteiger partial charge in [-0.25, -0.2) is 4.98 Å². The molecular weight excluding hydrogens is 470 g/mol. The number of aromatic nitrogens is 4. The van der Waals surface area contributed by atoms with E-state index in [-0.39, 0.29) is 11.6 Å². The highest BCUT2D eigenvalue weighted by Gasteiger charge is 2.18. The standard InChI is InChI=1S/C28H25N5O2S/c1-19-13-14-22(15-20(19)2)29-27(34)24-17-35-26(30-24)18-36-28-32-31-25(16-21-9-5-3-6-10-21)33(28)23-11-7-4-8-12-23/h3-15,17H,16,18H2,1-2H3,(H,29,34). The number of thioether (sulfide) groups is 1. The lowest BCUT2D eigenvalue weighted by molar-refractivity contribution is 0.102. The number of nitrogens with one attached hydrogen (secondary N) is 1. The van der Waals surface area contributed by atoms with Gasteiger partial charge in [0.05, 0.1) is 5.75 Å². The predicted molar refractivity (Wildman–Crippen MR) is 141 cm³/mol. The number of carbonyl (C=O) groups is 1. The van der Waals surface area contributed by atoms with Crippen molar-refractivity contribution >= 4 is 23.4 Å². The minimum absolute atomic E-state index is 0.234. The molecule has 0 atom stereocenters. The predicted octanol–water partition coefficient (Wildman–Crippen LogP) is 6.01. The van der Waals surface area contributed by atoms with Crippen molar-refractivity contribution in [2.45, 2.75) is 31.2 Å². The van der Waals surface area contributed by atoms with Gasteiger partial charge < -0.3 is 9.73 Å². The van der Waals surface area contributed by atoms with E-state index < -0.39 is 0 Å². The summed E-state index contributed by atoms with van der Waals surface area (Å²) in [6, 6.07) is 26.0. The van der Waals surface area contributed by atoms with E-state index in [0.717, 1.165) is 33.5 Å². The average molecular weight is 496 g/mol. The van der Waals surface area contributed by atoms with E-state index in [9.17, 15) is 4.79 Å². The van der Waals surface area contributed by atoms with Crippen LogP contribution >= 0.6 is 11.8 Å². The van der Waals surface area contributed by atoms with Gasteiger partial charge in [0.15, 0.2) is 10.9 Å². The second-order valence-corrected chi connectivity index (χ2v) is 9.34. The molecule has 0 aliphatic rings. The third-order valence-corrected chi connectivity index (χ3v) is 6.71. The molecule has 0 aliphatic heterocycles. The Balaban J connectivity index is 1.31. The zero-order valence-electron chi connectivity index (χ0n) is 20.0. The van der Waals surface area contributed by atoms with Gasteiger partial charge in [-0.15, -0.1) is 10.2 Å². The fraction of sp³-hybridized carbons (Fsp3) is 0.143. The second-order valence-electron chi connectivity index (χ2n) is 8.40. The molecule has 180 valence electrons. The SMILES string of the molecule is Cc1ccc(NC(=O)c2coc(CSc3nnc(Cc4ccccc4)n3-c3ccccc3)n2)cc1C. The van der Waals surface area contributed by atoms with Crippen LogP contribution in [0.25, 0.3) is 5.69 Å². The fourth-order valence-electron chi connectivity index (χ4n) is 3.75. The van der Waals surface area contributed by atoms with Gasteiger partial charge in [0, 0.05) is 17.8 Å². The molecule has 0 aliphatic carbocycles. The average Bonchev–Trinajstić information content (AvgIpc) is 3.53. The van der Waals surface area contributed by atoms with Crippen LogP contribution in [0.15, 0.2) is 94.7 Å². The van der Waals surface area contributed by atoms with E-state index in [1.165, 1.54) is 23.6 Å². The summed E-state index contributed by atoms with van der Waals surface area (Å²) in [6.45, 7) is 4.04. The molecule has 0 bridgehead atoms. The molecule has 0 fully saturated rings. The second kappa shape index (κ2) is 10.6. The van der Waals surface area contributed by atoms with Crippen LogP contribution in [0.1, 0.15) is 38.9 Å². The molecule has 3 aromatic carbocycles. The zero-order chi connectivity index (χ0) is 24.9. The maximum absolute atomic E-state index is 12.6. The normalized spacial score (nSPS) is 10.9. The number of oxazole rings is 1. The molecule has 7 nitrogen and oxygen atoms in total. The van der Waals surface area contributed by atoms with Crippen LogP contribution in [-0.2, 0) is 12.2 Å². The van der Waals surface area contributed by atoms with Crippen LogP contribution in [0.3, 0.4) is 0 Å². The van der Waals surface area contributed by atoms with Crippen molar-refractivity contribution < 1.29 is 9.21 Å². The first-order valence-corrected chi connectivity index (χ1v) is 12.5. The van der Waals surface area contributed by atoms with E-state index in [1.807, 2.05) is 85.1 Å². The highest BCUT2D eigenvalue weighted by atomic mass is 32.2. The molecule has 5 aromatic rings. The molecule has 5 rings (SSSR count). The number of nitrogens with zero attached hydrogens (tertiary/aromatic N) is 4. The molecular formula is C28H25N5O2S. The van der Waals surface area contributed by atoms with Crippen LogP contribution in [0.2, 0.25) is 0 Å². The number of para-hydroxylation sites is 1. The summed E-state index contributed by atoms with van der Waals surface area (Å²) in [6.07, 6.45) is 2.04. The molecule has 2 heterocycles. The van der Waals surface area contributed by atoms with Gasteiger partial charge in [-0.2, -0.15) is 0 Å². The van der Waals surface area contributed by atoms with Gasteiger partial charge in [0.2, 0.25) is 5.89 Å². The summed E-state index contributed by atoms with van der Waals surface area (Å²) in [7, 11) is 0. The number of carbonyl (C=O) groups excluding carboxylic acids is 1. The summed E-state index contributed by atoms with van der Waals surface area (Å²) in [5.74, 6) is 1.39. The Bertz CT molecular complexity index is 1480. The maximum atomic E-state index is 12.6. The smallest absolute Gasteiger partial charge is 0.277 e. The number of aryl methyl sites for hydroxylation is 2. The minimum Gasteiger partial charge on any atom is -0.447 e. The molecule has 1 amide bonds. The first-order chi connectivity index (χ1) is 17.6. The highest BCUT2D eigenvalue weighted by molar-refractivity contribution is 7.98. The third-order valence-electron chi connectivity index (χ3n) is 5.79. The number of rotatable bonds is 8. The van der Waals surface area contributed by atoms with Gasteiger partial charge in [0.25, 0.3) is 5.91 Å². The molecule has 0 saturated carbocycles. The van der Waals surface area contributed by atoms with E-state index in [0.29, 0.717) is 18.1 Å². The lowest BCUT2D eigenvalue weighted by Gasteiger charge is -2.10. The van der Waals surface area contributed by atoms with Crippen LogP contribution in [0, 0.1) is 13.8 Å². The van der Waals surface area contributed by atoms with Crippen LogP contribution in [0.5, 0.6) is 0 Å². The third kappa shape index (κ3) is 5.39. The Labute approximate surface area is 213 Å². The number of hydrogen-bond donors (Lipinski definition) is 1. The fourth-order valence-corrected chi connectivity index (χ4v) is 4.57. The maximum Gasteiger partial charge on any atom is 0.277 e. The van der Waals surface area contributed by atoms with E-state index >= 15 is 0 Å². The number of amides is 1. The lowest BCUT2D eigenvalue weighted by Crippen LogP contribution is -2.12. The zero-order valence-corrected chi connectivity index (χ0v) is 20.8. The Kier molecular flexibility index (Phi) is 6.95.